The first-order valence-corrected chi connectivity index (χ1v) is 11.3. The highest BCUT2D eigenvalue weighted by Gasteiger charge is 2.49. The molecule has 0 radical (unpaired) electrons. The second-order valence-corrected chi connectivity index (χ2v) is 8.55. The van der Waals surface area contributed by atoms with Crippen LogP contribution in [-0.2, 0) is 19.1 Å². The second-order valence-electron chi connectivity index (χ2n) is 8.55. The monoisotopic (exact) mass is 460 g/mol. The third kappa shape index (κ3) is 3.99. The number of ether oxygens (including phenoxy) is 2. The first-order chi connectivity index (χ1) is 16.5. The standard InChI is InChI=1S/C26H24N2O6/c29-24(28-21-11-13-33-23(21)14-22(28)25(30)31)10-5-12-27-26(32)34-15-20-18-8-3-1-6-16(18)17-7-2-4-9-19(17)20/h1-4,6-9,20-23H,11-15H2,(H,27,32)(H,30,31)/t21-,22?,23-/m0/s1. The molecule has 0 saturated carbocycles. The molecule has 2 saturated heterocycles. The molecule has 174 valence electrons. The van der Waals surface area contributed by atoms with Gasteiger partial charge < -0.3 is 24.8 Å². The summed E-state index contributed by atoms with van der Waals surface area (Å²) >= 11 is 0. The molecule has 3 atom stereocenters. The molecule has 34 heavy (non-hydrogen) atoms. The number of nitrogens with zero attached hydrogens (tertiary/aromatic N) is 1. The maximum atomic E-state index is 12.6. The highest BCUT2D eigenvalue weighted by atomic mass is 16.5. The Morgan fingerprint density at radius 1 is 1.09 bits per heavy atom. The van der Waals surface area contributed by atoms with Gasteiger partial charge in [0.25, 0.3) is 5.91 Å². The summed E-state index contributed by atoms with van der Waals surface area (Å²) in [5, 5.41) is 12.0. The van der Waals surface area contributed by atoms with Crippen LogP contribution in [0.1, 0.15) is 29.9 Å². The fourth-order valence-electron chi connectivity index (χ4n) is 5.21. The number of carboxylic acids is 1. The van der Waals surface area contributed by atoms with Crippen molar-refractivity contribution in [3.05, 3.63) is 59.7 Å². The predicted octanol–water partition coefficient (Wildman–Crippen LogP) is 2.37. The smallest absolute Gasteiger partial charge is 0.407 e. The number of carbonyl (C=O) groups excluding carboxylic acids is 2. The van der Waals surface area contributed by atoms with Gasteiger partial charge in [-0.15, -0.1) is 0 Å². The average molecular weight is 460 g/mol. The summed E-state index contributed by atoms with van der Waals surface area (Å²) in [7, 11) is 0. The lowest BCUT2D eigenvalue weighted by Gasteiger charge is -2.24. The summed E-state index contributed by atoms with van der Waals surface area (Å²) in [6, 6.07) is 14.9. The first-order valence-electron chi connectivity index (χ1n) is 11.3. The molecule has 2 N–H and O–H groups in total. The van der Waals surface area contributed by atoms with Gasteiger partial charge in [0.2, 0.25) is 0 Å². The van der Waals surface area contributed by atoms with Crippen LogP contribution in [0.3, 0.4) is 0 Å². The summed E-state index contributed by atoms with van der Waals surface area (Å²) in [5.74, 6) is 3.37. The Hall–Kier alpha value is -3.83. The van der Waals surface area contributed by atoms with Crippen LogP contribution >= 0.6 is 0 Å². The molecule has 8 heteroatoms. The van der Waals surface area contributed by atoms with E-state index in [1.807, 2.05) is 36.4 Å². The van der Waals surface area contributed by atoms with E-state index in [1.165, 1.54) is 4.90 Å². The number of nitrogens with one attached hydrogen (secondary N) is 1. The topological polar surface area (TPSA) is 105 Å². The van der Waals surface area contributed by atoms with Crippen LogP contribution in [0.25, 0.3) is 11.1 Å². The number of hydrogen-bond acceptors (Lipinski definition) is 5. The lowest BCUT2D eigenvalue weighted by Crippen LogP contribution is -2.44. The Morgan fingerprint density at radius 3 is 2.44 bits per heavy atom. The van der Waals surface area contributed by atoms with Gasteiger partial charge in [0, 0.05) is 18.9 Å². The molecule has 1 unspecified atom stereocenters. The molecular weight excluding hydrogens is 436 g/mol. The highest BCUT2D eigenvalue weighted by molar-refractivity contribution is 5.97. The van der Waals surface area contributed by atoms with Crippen molar-refractivity contribution in [2.24, 2.45) is 0 Å². The third-order valence-corrected chi connectivity index (χ3v) is 6.70. The lowest BCUT2D eigenvalue weighted by molar-refractivity contribution is -0.147. The normalized spacial score (nSPS) is 22.2. The van der Waals surface area contributed by atoms with Gasteiger partial charge in [0.05, 0.1) is 18.7 Å². The van der Waals surface area contributed by atoms with E-state index in [-0.39, 0.29) is 37.6 Å². The quantitative estimate of drug-likeness (QED) is 0.679. The molecule has 2 amide bonds. The Kier molecular flexibility index (Phi) is 5.95. The molecule has 2 aromatic carbocycles. The number of hydrogen-bond donors (Lipinski definition) is 2. The molecule has 0 spiro atoms. The van der Waals surface area contributed by atoms with Crippen LogP contribution in [0.15, 0.2) is 48.5 Å². The zero-order valence-corrected chi connectivity index (χ0v) is 18.4. The maximum Gasteiger partial charge on any atom is 0.407 e. The van der Waals surface area contributed by atoms with Crippen molar-refractivity contribution in [1.29, 1.82) is 0 Å². The summed E-state index contributed by atoms with van der Waals surface area (Å²) in [6.45, 7) is 0.601. The molecular formula is C26H24N2O6. The van der Waals surface area contributed by atoms with Gasteiger partial charge in [0.15, 0.2) is 0 Å². The van der Waals surface area contributed by atoms with Gasteiger partial charge in [-0.3, -0.25) is 4.79 Å². The Bertz CT molecular complexity index is 1150. The number of rotatable bonds is 4. The number of benzene rings is 2. The van der Waals surface area contributed by atoms with Crippen LogP contribution in [0.4, 0.5) is 4.79 Å². The summed E-state index contributed by atoms with van der Waals surface area (Å²) in [5.41, 5.74) is 4.53. The van der Waals surface area contributed by atoms with Crippen molar-refractivity contribution in [2.75, 3.05) is 19.8 Å². The molecule has 8 nitrogen and oxygen atoms in total. The van der Waals surface area contributed by atoms with Gasteiger partial charge in [-0.2, -0.15) is 0 Å². The zero-order valence-electron chi connectivity index (χ0n) is 18.4. The number of amides is 2. The van der Waals surface area contributed by atoms with Crippen molar-refractivity contribution in [2.45, 2.75) is 36.9 Å². The Balaban J connectivity index is 1.15. The summed E-state index contributed by atoms with van der Waals surface area (Å²) in [4.78, 5) is 37.6. The van der Waals surface area contributed by atoms with E-state index < -0.39 is 24.0 Å². The van der Waals surface area contributed by atoms with E-state index in [9.17, 15) is 19.5 Å². The fourth-order valence-corrected chi connectivity index (χ4v) is 5.21. The van der Waals surface area contributed by atoms with Crippen LogP contribution < -0.4 is 5.32 Å². The number of likely N-dealkylation sites (tertiary alicyclic amines) is 1. The van der Waals surface area contributed by atoms with Gasteiger partial charge in [0.1, 0.15) is 12.6 Å². The van der Waals surface area contributed by atoms with Gasteiger partial charge in [-0.1, -0.05) is 54.5 Å². The Morgan fingerprint density at radius 2 is 1.76 bits per heavy atom. The van der Waals surface area contributed by atoms with E-state index in [1.54, 1.807) is 0 Å². The van der Waals surface area contributed by atoms with Crippen molar-refractivity contribution in [1.82, 2.24) is 10.2 Å². The molecule has 2 aliphatic heterocycles. The molecule has 2 heterocycles. The Labute approximate surface area is 196 Å². The van der Waals surface area contributed by atoms with Gasteiger partial charge in [-0.25, -0.2) is 9.59 Å². The minimum atomic E-state index is -1.06. The van der Waals surface area contributed by atoms with Crippen LogP contribution in [0, 0.1) is 11.8 Å². The van der Waals surface area contributed by atoms with Crippen molar-refractivity contribution >= 4 is 18.0 Å². The number of fused-ring (bicyclic) bond motifs is 4. The average Bonchev–Trinajstić information content (AvgIpc) is 3.52. The predicted molar refractivity (Wildman–Crippen MR) is 122 cm³/mol. The largest absolute Gasteiger partial charge is 0.480 e. The number of carboxylic acid groups (broad SMARTS) is 1. The van der Waals surface area contributed by atoms with Crippen molar-refractivity contribution in [3.8, 4) is 23.0 Å². The van der Waals surface area contributed by atoms with E-state index >= 15 is 0 Å². The molecule has 0 bridgehead atoms. The molecule has 0 aromatic heterocycles. The van der Waals surface area contributed by atoms with E-state index in [0.717, 1.165) is 22.3 Å². The zero-order chi connectivity index (χ0) is 23.7. The molecule has 3 aliphatic rings. The van der Waals surface area contributed by atoms with Crippen LogP contribution in [-0.4, -0.2) is 65.9 Å². The summed E-state index contributed by atoms with van der Waals surface area (Å²) < 4.78 is 11.0. The number of carbonyl (C=O) groups is 3. The van der Waals surface area contributed by atoms with Gasteiger partial charge in [-0.05, 0) is 34.6 Å². The van der Waals surface area contributed by atoms with E-state index in [0.29, 0.717) is 13.0 Å². The van der Waals surface area contributed by atoms with Crippen molar-refractivity contribution in [3.63, 3.8) is 0 Å². The second kappa shape index (κ2) is 9.20. The molecule has 5 rings (SSSR count). The number of aliphatic carboxylic acids is 1. The molecule has 2 fully saturated rings. The van der Waals surface area contributed by atoms with Gasteiger partial charge >= 0.3 is 12.1 Å². The SMILES string of the molecule is O=C(NCC#CC(=O)N1C(C(=O)O)C[C@@H]2OCC[C@@H]21)OCC1c2ccccc2-c2ccccc21. The number of alkyl carbamates (subject to hydrolysis) is 1. The first kappa shape index (κ1) is 22.0. The maximum absolute atomic E-state index is 12.6. The van der Waals surface area contributed by atoms with E-state index in [2.05, 4.69) is 29.3 Å². The third-order valence-electron chi connectivity index (χ3n) is 6.70. The van der Waals surface area contributed by atoms with Crippen LogP contribution in [0.5, 0.6) is 0 Å². The summed E-state index contributed by atoms with van der Waals surface area (Å²) in [6.07, 6.45) is -0.0195. The fraction of sp³-hybridized carbons (Fsp3) is 0.346. The lowest BCUT2D eigenvalue weighted by atomic mass is 9.98. The minimum Gasteiger partial charge on any atom is -0.480 e. The minimum absolute atomic E-state index is 0.0458. The molecule has 2 aromatic rings. The highest BCUT2D eigenvalue weighted by Crippen LogP contribution is 2.44. The van der Waals surface area contributed by atoms with E-state index in [4.69, 9.17) is 9.47 Å². The molecule has 1 aliphatic carbocycles. The van der Waals surface area contributed by atoms with Crippen molar-refractivity contribution < 1.29 is 29.0 Å². The van der Waals surface area contributed by atoms with Crippen LogP contribution in [0.2, 0.25) is 0 Å².